The summed E-state index contributed by atoms with van der Waals surface area (Å²) in [7, 11) is 0. The van der Waals surface area contributed by atoms with E-state index in [2.05, 4.69) is 32.9 Å². The summed E-state index contributed by atoms with van der Waals surface area (Å²) < 4.78 is 10.5. The lowest BCUT2D eigenvalue weighted by molar-refractivity contribution is -0.161. The van der Waals surface area contributed by atoms with Crippen LogP contribution in [0.2, 0.25) is 0 Å². The van der Waals surface area contributed by atoms with Crippen molar-refractivity contribution in [3.05, 3.63) is 36.5 Å². The summed E-state index contributed by atoms with van der Waals surface area (Å²) in [5.74, 6) is 0.161. The van der Waals surface area contributed by atoms with E-state index in [0.717, 1.165) is 70.1 Å². The van der Waals surface area contributed by atoms with Crippen molar-refractivity contribution in [2.75, 3.05) is 13.2 Å². The first-order valence-corrected chi connectivity index (χ1v) is 17.0. The molecule has 0 spiro atoms. The molecule has 0 fully saturated rings. The number of rotatable bonds is 29. The Bertz CT molecular complexity index is 712. The van der Waals surface area contributed by atoms with Gasteiger partial charge in [-0.1, -0.05) is 134 Å². The SMILES string of the molecule is CC/C=C/CC(O)/C=C/C=C/CCCCCCCC(=O)OC[C@H](CO)OC(=O)CCCCCCCCCCCC(C)C. The quantitative estimate of drug-likeness (QED) is 0.0390. The zero-order chi connectivity index (χ0) is 31.1. The van der Waals surface area contributed by atoms with Gasteiger partial charge in [-0.05, 0) is 44.4 Å². The molecule has 2 atom stereocenters. The largest absolute Gasteiger partial charge is 0.462 e. The number of hydrogen-bond donors (Lipinski definition) is 2. The maximum atomic E-state index is 12.1. The van der Waals surface area contributed by atoms with Gasteiger partial charge < -0.3 is 19.7 Å². The molecule has 0 aromatic carbocycles. The number of unbranched alkanes of at least 4 members (excludes halogenated alkanes) is 13. The second kappa shape index (κ2) is 30.5. The normalized spacial score (nSPS) is 13.5. The molecule has 244 valence electrons. The molecule has 0 bridgehead atoms. The van der Waals surface area contributed by atoms with Gasteiger partial charge in [0.2, 0.25) is 0 Å². The van der Waals surface area contributed by atoms with Crippen molar-refractivity contribution < 1.29 is 29.3 Å². The minimum atomic E-state index is -0.791. The van der Waals surface area contributed by atoms with Crippen LogP contribution in [-0.2, 0) is 19.1 Å². The van der Waals surface area contributed by atoms with Crippen LogP contribution in [0.4, 0.5) is 0 Å². The fraction of sp³-hybridized carbons (Fsp3) is 0.778. The summed E-state index contributed by atoms with van der Waals surface area (Å²) in [5, 5.41) is 19.3. The number of ether oxygens (including phenoxy) is 2. The minimum absolute atomic E-state index is 0.0918. The fourth-order valence-electron chi connectivity index (χ4n) is 4.60. The highest BCUT2D eigenvalue weighted by atomic mass is 16.6. The van der Waals surface area contributed by atoms with Crippen LogP contribution in [-0.4, -0.2) is 47.6 Å². The van der Waals surface area contributed by atoms with Crippen LogP contribution in [0, 0.1) is 5.92 Å². The first-order chi connectivity index (χ1) is 20.4. The van der Waals surface area contributed by atoms with Crippen molar-refractivity contribution in [2.45, 2.75) is 161 Å². The Labute approximate surface area is 258 Å². The standard InChI is InChI=1S/C36H64O6/c1-4-5-20-26-33(38)27-22-17-13-9-7-10-14-18-23-28-35(39)41-31-34(30-37)42-36(40)29-24-19-15-11-6-8-12-16-21-25-32(2)3/h5,13,17,20,22,27,32-34,37-38H,4,6-12,14-16,18-19,21,23-26,28-31H2,1-3H3/b17-13+,20-5+,27-22+/t33?,34-/m0/s1. The smallest absolute Gasteiger partial charge is 0.306 e. The van der Waals surface area contributed by atoms with E-state index in [-0.39, 0.29) is 25.2 Å². The Morgan fingerprint density at radius 2 is 1.29 bits per heavy atom. The number of allylic oxidation sites excluding steroid dienone is 4. The molecule has 0 aromatic heterocycles. The average Bonchev–Trinajstić information content (AvgIpc) is 2.96. The predicted molar refractivity (Wildman–Crippen MR) is 174 cm³/mol. The first kappa shape index (κ1) is 40.1. The Morgan fingerprint density at radius 3 is 1.88 bits per heavy atom. The maximum absolute atomic E-state index is 12.1. The van der Waals surface area contributed by atoms with Gasteiger partial charge in [0.15, 0.2) is 6.10 Å². The van der Waals surface area contributed by atoms with E-state index in [1.807, 2.05) is 24.3 Å². The van der Waals surface area contributed by atoms with Gasteiger partial charge in [0.1, 0.15) is 6.61 Å². The highest BCUT2D eigenvalue weighted by molar-refractivity contribution is 5.70. The predicted octanol–water partition coefficient (Wildman–Crippen LogP) is 8.94. The monoisotopic (exact) mass is 592 g/mol. The Kier molecular flexibility index (Phi) is 29.1. The van der Waals surface area contributed by atoms with Crippen molar-refractivity contribution in [3.8, 4) is 0 Å². The number of carbonyl (C=O) groups excluding carboxylic acids is 2. The highest BCUT2D eigenvalue weighted by Gasteiger charge is 2.16. The number of aliphatic hydroxyl groups excluding tert-OH is 2. The van der Waals surface area contributed by atoms with Crippen molar-refractivity contribution >= 4 is 11.9 Å². The summed E-state index contributed by atoms with van der Waals surface area (Å²) in [5.41, 5.74) is 0. The van der Waals surface area contributed by atoms with Crippen LogP contribution in [0.25, 0.3) is 0 Å². The molecule has 0 radical (unpaired) electrons. The van der Waals surface area contributed by atoms with Gasteiger partial charge in [-0.15, -0.1) is 0 Å². The average molecular weight is 593 g/mol. The van der Waals surface area contributed by atoms with E-state index < -0.39 is 12.2 Å². The third-order valence-corrected chi connectivity index (χ3v) is 7.21. The molecule has 0 aromatic rings. The zero-order valence-electron chi connectivity index (χ0n) is 27.3. The molecule has 0 rings (SSSR count). The molecule has 0 amide bonds. The summed E-state index contributed by atoms with van der Waals surface area (Å²) >= 11 is 0. The van der Waals surface area contributed by atoms with E-state index in [1.54, 1.807) is 0 Å². The van der Waals surface area contributed by atoms with Gasteiger partial charge in [-0.25, -0.2) is 0 Å². The minimum Gasteiger partial charge on any atom is -0.462 e. The second-order valence-corrected chi connectivity index (χ2v) is 11.9. The molecular formula is C36H64O6. The molecular weight excluding hydrogens is 528 g/mol. The van der Waals surface area contributed by atoms with E-state index in [9.17, 15) is 19.8 Å². The number of aliphatic hydroxyl groups is 2. The zero-order valence-corrected chi connectivity index (χ0v) is 27.3. The van der Waals surface area contributed by atoms with Gasteiger partial charge >= 0.3 is 11.9 Å². The molecule has 0 saturated heterocycles. The van der Waals surface area contributed by atoms with E-state index in [1.165, 1.54) is 44.9 Å². The maximum Gasteiger partial charge on any atom is 0.306 e. The Hall–Kier alpha value is -1.92. The van der Waals surface area contributed by atoms with Gasteiger partial charge in [-0.2, -0.15) is 0 Å². The number of hydrogen-bond acceptors (Lipinski definition) is 6. The molecule has 0 heterocycles. The molecule has 0 aliphatic heterocycles. The third kappa shape index (κ3) is 29.6. The van der Waals surface area contributed by atoms with Gasteiger partial charge in [0, 0.05) is 12.8 Å². The van der Waals surface area contributed by atoms with Gasteiger partial charge in [0.25, 0.3) is 0 Å². The number of esters is 2. The molecule has 6 nitrogen and oxygen atoms in total. The van der Waals surface area contributed by atoms with Crippen LogP contribution >= 0.6 is 0 Å². The first-order valence-electron chi connectivity index (χ1n) is 17.0. The topological polar surface area (TPSA) is 93.1 Å². The van der Waals surface area contributed by atoms with E-state index in [0.29, 0.717) is 19.3 Å². The van der Waals surface area contributed by atoms with Crippen LogP contribution in [0.1, 0.15) is 149 Å². The van der Waals surface area contributed by atoms with Crippen LogP contribution < -0.4 is 0 Å². The summed E-state index contributed by atoms with van der Waals surface area (Å²) in [4.78, 5) is 24.1. The lowest BCUT2D eigenvalue weighted by Crippen LogP contribution is -2.28. The number of carbonyl (C=O) groups is 2. The van der Waals surface area contributed by atoms with Gasteiger partial charge in [-0.3, -0.25) is 9.59 Å². The van der Waals surface area contributed by atoms with Crippen molar-refractivity contribution in [3.63, 3.8) is 0 Å². The van der Waals surface area contributed by atoms with Crippen molar-refractivity contribution in [1.29, 1.82) is 0 Å². The van der Waals surface area contributed by atoms with E-state index >= 15 is 0 Å². The third-order valence-electron chi connectivity index (χ3n) is 7.21. The molecule has 0 aliphatic rings. The Balaban J connectivity index is 3.67. The fourth-order valence-corrected chi connectivity index (χ4v) is 4.60. The van der Waals surface area contributed by atoms with Gasteiger partial charge in [0.05, 0.1) is 12.7 Å². The van der Waals surface area contributed by atoms with Crippen LogP contribution in [0.3, 0.4) is 0 Å². The molecule has 1 unspecified atom stereocenters. The molecule has 0 aliphatic carbocycles. The highest BCUT2D eigenvalue weighted by Crippen LogP contribution is 2.14. The summed E-state index contributed by atoms with van der Waals surface area (Å²) in [6.07, 6.45) is 31.0. The lowest BCUT2D eigenvalue weighted by Gasteiger charge is -2.15. The second-order valence-electron chi connectivity index (χ2n) is 11.9. The Morgan fingerprint density at radius 1 is 0.714 bits per heavy atom. The summed E-state index contributed by atoms with van der Waals surface area (Å²) in [6, 6.07) is 0. The van der Waals surface area contributed by atoms with Crippen LogP contribution in [0.15, 0.2) is 36.5 Å². The van der Waals surface area contributed by atoms with Crippen LogP contribution in [0.5, 0.6) is 0 Å². The van der Waals surface area contributed by atoms with Crippen molar-refractivity contribution in [2.24, 2.45) is 5.92 Å². The molecule has 0 saturated carbocycles. The molecule has 2 N–H and O–H groups in total. The van der Waals surface area contributed by atoms with Crippen molar-refractivity contribution in [1.82, 2.24) is 0 Å². The summed E-state index contributed by atoms with van der Waals surface area (Å²) in [6.45, 7) is 6.20. The molecule has 6 heteroatoms. The van der Waals surface area contributed by atoms with E-state index in [4.69, 9.17) is 9.47 Å². The molecule has 42 heavy (non-hydrogen) atoms. The lowest BCUT2D eigenvalue weighted by atomic mass is 10.0.